The number of halogens is 1. The first kappa shape index (κ1) is 52.7. The number of unbranched alkanes of at least 4 members (excludes halogenated alkanes) is 2. The average molecular weight is 905 g/mol. The topological polar surface area (TPSA) is 155 Å². The van der Waals surface area contributed by atoms with Gasteiger partial charge in [-0.05, 0) is 66.6 Å². The van der Waals surface area contributed by atoms with Crippen molar-refractivity contribution in [1.82, 2.24) is 30.3 Å². The molecule has 6 rings (SSSR count). The van der Waals surface area contributed by atoms with E-state index < -0.39 is 11.7 Å². The molecule has 3 heterocycles. The summed E-state index contributed by atoms with van der Waals surface area (Å²) >= 11 is 0. The standard InChI is InChI=1S/C27H32FN5O4.C17H17NO2.C9H20/c1-2-14-37-15-9-29-18-25(34)32-10-12-33(13-11-32)27(36)22-16-19(7-8-23(22)28)17-24-20-5-3-4-6-21(20)26(35)31-30-24;1-4-13-6-5-7-14(8-13)15-9-16(11(2)19)17(12(3)20)18-10-15;1-4-6-7-8-9(3)5-2/h3-8,16,29H,2,9-15,17-18H2,1H3,(H,31,35);5-10H,4H2,1-3H3;9H,4-8H2,1-3H3. The molecular weight excluding hydrogens is 836 g/mol. The Morgan fingerprint density at radius 3 is 2.18 bits per heavy atom. The fourth-order valence-electron chi connectivity index (χ4n) is 7.46. The number of aryl methyl sites for hydroxylation is 1. The zero-order chi connectivity index (χ0) is 48.0. The van der Waals surface area contributed by atoms with Gasteiger partial charge >= 0.3 is 0 Å². The average Bonchev–Trinajstić information content (AvgIpc) is 3.34. The summed E-state index contributed by atoms with van der Waals surface area (Å²) in [6, 6.07) is 21.5. The second kappa shape index (κ2) is 27.5. The summed E-state index contributed by atoms with van der Waals surface area (Å²) in [5.41, 5.74) is 4.77. The van der Waals surface area contributed by atoms with Crippen molar-refractivity contribution in [2.75, 3.05) is 52.5 Å². The number of aromatic nitrogens is 3. The summed E-state index contributed by atoms with van der Waals surface area (Å²) in [5, 5.41) is 11.0. The Bertz CT molecular complexity index is 2430. The van der Waals surface area contributed by atoms with Crippen molar-refractivity contribution in [1.29, 1.82) is 0 Å². The Morgan fingerprint density at radius 2 is 1.52 bits per heavy atom. The van der Waals surface area contributed by atoms with Crippen LogP contribution in [-0.2, 0) is 22.4 Å². The zero-order valence-electron chi connectivity index (χ0n) is 40.0. The highest BCUT2D eigenvalue weighted by Crippen LogP contribution is 2.24. The van der Waals surface area contributed by atoms with E-state index in [1.165, 1.54) is 57.6 Å². The maximum absolute atomic E-state index is 14.7. The van der Waals surface area contributed by atoms with Gasteiger partial charge in [-0.25, -0.2) is 9.49 Å². The summed E-state index contributed by atoms with van der Waals surface area (Å²) in [6.45, 7) is 17.4. The number of amides is 2. The molecule has 1 atom stereocenters. The van der Waals surface area contributed by atoms with E-state index in [4.69, 9.17) is 4.74 Å². The number of benzene rings is 3. The van der Waals surface area contributed by atoms with E-state index in [9.17, 15) is 28.4 Å². The minimum atomic E-state index is -0.596. The summed E-state index contributed by atoms with van der Waals surface area (Å²) < 4.78 is 20.1. The number of aromatic amines is 1. The number of hydrogen-bond acceptors (Lipinski definition) is 9. The van der Waals surface area contributed by atoms with Gasteiger partial charge in [-0.1, -0.05) is 115 Å². The molecular formula is C53H69FN6O6. The molecule has 0 spiro atoms. The highest BCUT2D eigenvalue weighted by atomic mass is 19.1. The Hall–Kier alpha value is -5.92. The predicted molar refractivity (Wildman–Crippen MR) is 261 cm³/mol. The summed E-state index contributed by atoms with van der Waals surface area (Å²) in [7, 11) is 0. The Kier molecular flexibility index (Phi) is 22.0. The fourth-order valence-corrected chi connectivity index (χ4v) is 7.46. The number of Topliss-reactive ketones (excluding diaryl/α,β-unsaturated/α-hetero) is 2. The molecule has 12 nitrogen and oxygen atoms in total. The number of nitrogens with zero attached hydrogens (tertiary/aromatic N) is 4. The number of H-pyrrole nitrogens is 1. The number of ether oxygens (including phenoxy) is 1. The van der Waals surface area contributed by atoms with Crippen LogP contribution >= 0.6 is 0 Å². The Balaban J connectivity index is 0.000000273. The van der Waals surface area contributed by atoms with Gasteiger partial charge in [0, 0.05) is 75.4 Å². The number of carbonyl (C=O) groups excluding carboxylic acids is 4. The van der Waals surface area contributed by atoms with Crippen LogP contribution in [0.3, 0.4) is 0 Å². The van der Waals surface area contributed by atoms with Gasteiger partial charge in [0.25, 0.3) is 11.5 Å². The minimum absolute atomic E-state index is 0.0141. The van der Waals surface area contributed by atoms with E-state index in [0.717, 1.165) is 29.9 Å². The molecule has 1 aliphatic heterocycles. The number of carbonyl (C=O) groups is 4. The molecule has 354 valence electrons. The van der Waals surface area contributed by atoms with Crippen LogP contribution in [0.5, 0.6) is 0 Å². The quantitative estimate of drug-likeness (QED) is 0.0610. The highest BCUT2D eigenvalue weighted by Gasteiger charge is 2.26. The minimum Gasteiger partial charge on any atom is -0.380 e. The monoisotopic (exact) mass is 905 g/mol. The van der Waals surface area contributed by atoms with Crippen LogP contribution < -0.4 is 10.9 Å². The van der Waals surface area contributed by atoms with E-state index in [2.05, 4.69) is 60.3 Å². The molecule has 0 aliphatic carbocycles. The molecule has 2 amide bonds. The fraction of sp³-hybridized carbons (Fsp3) is 0.453. The Morgan fingerprint density at radius 1 is 0.788 bits per heavy atom. The summed E-state index contributed by atoms with van der Waals surface area (Å²) in [5.74, 6) is -0.411. The van der Waals surface area contributed by atoms with Crippen molar-refractivity contribution in [3.8, 4) is 11.1 Å². The van der Waals surface area contributed by atoms with Gasteiger partial charge in [0.1, 0.15) is 11.5 Å². The lowest BCUT2D eigenvalue weighted by molar-refractivity contribution is -0.131. The molecule has 1 saturated heterocycles. The van der Waals surface area contributed by atoms with Crippen LogP contribution in [0.1, 0.15) is 135 Å². The zero-order valence-corrected chi connectivity index (χ0v) is 40.0. The molecule has 1 aliphatic rings. The normalized spacial score (nSPS) is 12.7. The molecule has 0 radical (unpaired) electrons. The van der Waals surface area contributed by atoms with Crippen LogP contribution in [-0.4, -0.2) is 101 Å². The van der Waals surface area contributed by atoms with Crippen molar-refractivity contribution in [3.05, 3.63) is 129 Å². The van der Waals surface area contributed by atoms with Gasteiger partial charge in [-0.3, -0.25) is 29.0 Å². The number of ketones is 2. The van der Waals surface area contributed by atoms with E-state index in [0.29, 0.717) is 80.0 Å². The van der Waals surface area contributed by atoms with Crippen molar-refractivity contribution in [2.24, 2.45) is 5.92 Å². The highest BCUT2D eigenvalue weighted by molar-refractivity contribution is 6.06. The van der Waals surface area contributed by atoms with Gasteiger partial charge in [-0.2, -0.15) is 5.10 Å². The largest absolute Gasteiger partial charge is 0.380 e. The number of hydrogen-bond donors (Lipinski definition) is 2. The van der Waals surface area contributed by atoms with Crippen LogP contribution in [0.25, 0.3) is 21.9 Å². The van der Waals surface area contributed by atoms with Crippen LogP contribution in [0, 0.1) is 11.7 Å². The summed E-state index contributed by atoms with van der Waals surface area (Å²) in [4.78, 5) is 68.3. The smallest absolute Gasteiger partial charge is 0.272 e. The van der Waals surface area contributed by atoms with E-state index in [1.807, 2.05) is 31.2 Å². The second-order valence-corrected chi connectivity index (χ2v) is 16.8. The molecule has 2 N–H and O–H groups in total. The number of fused-ring (bicyclic) bond motifs is 1. The molecule has 1 fully saturated rings. The number of rotatable bonds is 19. The number of pyridine rings is 1. The third kappa shape index (κ3) is 15.9. The van der Waals surface area contributed by atoms with Crippen LogP contribution in [0.4, 0.5) is 4.39 Å². The Labute approximate surface area is 389 Å². The number of nitrogens with one attached hydrogen (secondary N) is 2. The molecule has 66 heavy (non-hydrogen) atoms. The van der Waals surface area contributed by atoms with Gasteiger partial charge in [0.05, 0.1) is 29.8 Å². The molecule has 13 heteroatoms. The molecule has 5 aromatic rings. The lowest BCUT2D eigenvalue weighted by Crippen LogP contribution is -2.52. The number of piperazine rings is 1. The van der Waals surface area contributed by atoms with Crippen LogP contribution in [0.15, 0.2) is 83.8 Å². The van der Waals surface area contributed by atoms with Gasteiger partial charge in [-0.15, -0.1) is 0 Å². The van der Waals surface area contributed by atoms with Crippen molar-refractivity contribution in [2.45, 2.75) is 99.8 Å². The summed E-state index contributed by atoms with van der Waals surface area (Å²) in [6.07, 6.45) is 10.9. The molecule has 0 saturated carbocycles. The first-order chi connectivity index (χ1) is 31.8. The second-order valence-electron chi connectivity index (χ2n) is 16.8. The third-order valence-electron chi connectivity index (χ3n) is 11.6. The maximum Gasteiger partial charge on any atom is 0.272 e. The van der Waals surface area contributed by atoms with Crippen LogP contribution in [0.2, 0.25) is 0 Å². The first-order valence-electron chi connectivity index (χ1n) is 23.5. The molecule has 0 bridgehead atoms. The molecule has 2 aromatic heterocycles. The van der Waals surface area contributed by atoms with E-state index >= 15 is 0 Å². The van der Waals surface area contributed by atoms with Crippen molar-refractivity contribution < 1.29 is 28.3 Å². The van der Waals surface area contributed by atoms with Crippen molar-refractivity contribution >= 4 is 34.2 Å². The lowest BCUT2D eigenvalue weighted by atomic mass is 9.99. The first-order valence-corrected chi connectivity index (χ1v) is 23.5. The van der Waals surface area contributed by atoms with E-state index in [1.54, 1.807) is 46.3 Å². The lowest BCUT2D eigenvalue weighted by Gasteiger charge is -2.35. The third-order valence-corrected chi connectivity index (χ3v) is 11.6. The molecule has 3 aromatic carbocycles. The van der Waals surface area contributed by atoms with Gasteiger partial charge in [0.15, 0.2) is 11.6 Å². The predicted octanol–water partition coefficient (Wildman–Crippen LogP) is 9.28. The van der Waals surface area contributed by atoms with E-state index in [-0.39, 0.29) is 40.8 Å². The maximum atomic E-state index is 14.7. The molecule has 1 unspecified atom stereocenters. The van der Waals surface area contributed by atoms with Gasteiger partial charge < -0.3 is 19.9 Å². The van der Waals surface area contributed by atoms with Gasteiger partial charge in [0.2, 0.25) is 5.91 Å². The van der Waals surface area contributed by atoms with Crippen molar-refractivity contribution in [3.63, 3.8) is 0 Å². The SMILES string of the molecule is CCCCCC(C)CC.CCCOCCNCC(=O)N1CCN(C(=O)c2cc(Cc3n[nH]c(=O)c4ccccc34)ccc2F)CC1.CCc1cccc(-c2cnc(C(C)=O)c(C(C)=O)c2)c1.